The lowest BCUT2D eigenvalue weighted by molar-refractivity contribution is -0.149. The highest BCUT2D eigenvalue weighted by atomic mass is 35.5. The molecule has 5 rings (SSSR count). The monoisotopic (exact) mass is 659 g/mol. The molecule has 6 unspecified atom stereocenters. The van der Waals surface area contributed by atoms with Gasteiger partial charge < -0.3 is 35.2 Å². The van der Waals surface area contributed by atoms with Gasteiger partial charge in [0.2, 0.25) is 5.91 Å². The summed E-state index contributed by atoms with van der Waals surface area (Å²) in [5.41, 5.74) is 4.14. The van der Waals surface area contributed by atoms with Crippen LogP contribution in [-0.4, -0.2) is 101 Å². The average molecular weight is 660 g/mol. The first-order valence-electron chi connectivity index (χ1n) is 16.0. The van der Waals surface area contributed by atoms with Crippen molar-refractivity contribution >= 4 is 35.4 Å². The van der Waals surface area contributed by atoms with Crippen LogP contribution in [-0.2, 0) is 14.3 Å². The number of halogens is 1. The van der Waals surface area contributed by atoms with Crippen molar-refractivity contribution in [1.29, 1.82) is 0 Å². The molecule has 2 aliphatic heterocycles. The van der Waals surface area contributed by atoms with Gasteiger partial charge in [0, 0.05) is 38.5 Å². The Morgan fingerprint density at radius 2 is 1.76 bits per heavy atom. The van der Waals surface area contributed by atoms with Crippen molar-refractivity contribution in [3.63, 3.8) is 0 Å². The summed E-state index contributed by atoms with van der Waals surface area (Å²) in [5.74, 6) is 0.0181. The molecule has 0 bridgehead atoms. The number of hydrogen-bond donors (Lipinski definition) is 4. The minimum atomic E-state index is -0.988. The lowest BCUT2D eigenvalue weighted by Crippen LogP contribution is -2.58. The molecule has 2 heterocycles. The van der Waals surface area contributed by atoms with Crippen LogP contribution < -0.4 is 10.6 Å². The second-order valence-electron chi connectivity index (χ2n) is 12.5. The highest BCUT2D eigenvalue weighted by Crippen LogP contribution is 2.44. The van der Waals surface area contributed by atoms with Crippen LogP contribution in [0.25, 0.3) is 11.1 Å². The molecule has 2 aromatic carbocycles. The average Bonchev–Trinajstić information content (AvgIpc) is 3.37. The topological polar surface area (TPSA) is 120 Å². The van der Waals surface area contributed by atoms with E-state index in [4.69, 9.17) is 21.1 Å². The molecule has 1 aliphatic carbocycles. The van der Waals surface area contributed by atoms with Crippen molar-refractivity contribution in [2.45, 2.75) is 74.2 Å². The number of carbonyl (C=O) groups excluding carboxylic acids is 2. The van der Waals surface area contributed by atoms with Crippen molar-refractivity contribution in [2.75, 3.05) is 39.0 Å². The smallest absolute Gasteiger partial charge is 0.407 e. The van der Waals surface area contributed by atoms with Crippen molar-refractivity contribution < 1.29 is 29.3 Å². The van der Waals surface area contributed by atoms with Gasteiger partial charge >= 0.3 is 6.09 Å². The van der Waals surface area contributed by atoms with Crippen molar-refractivity contribution in [1.82, 2.24) is 15.5 Å². The van der Waals surface area contributed by atoms with Gasteiger partial charge in [0.25, 0.3) is 0 Å². The van der Waals surface area contributed by atoms with E-state index in [-0.39, 0.29) is 30.8 Å². The van der Waals surface area contributed by atoms with Gasteiger partial charge in [0.15, 0.2) is 0 Å². The predicted octanol–water partition coefficient (Wildman–Crippen LogP) is 4.19. The molecule has 0 aromatic heterocycles. The number of carbonyl (C=O) groups is 2. The molecule has 45 heavy (non-hydrogen) atoms. The normalized spacial score (nSPS) is 28.0. The first-order valence-corrected chi connectivity index (χ1v) is 17.7. The SMILES string of the molecule is CCC1CC(C(=O)NC(C(C)Cl)C2CC(O)[C@H](O)[C@@H](SC)O2)CN(CCNC(=O)OCC2c3ccccc3-c3ccccc32)C1. The zero-order chi connectivity index (χ0) is 32.1. The molecule has 9 nitrogen and oxygen atoms in total. The van der Waals surface area contributed by atoms with Gasteiger partial charge in [-0.1, -0.05) is 61.9 Å². The summed E-state index contributed by atoms with van der Waals surface area (Å²) in [6, 6.07) is 16.0. The summed E-state index contributed by atoms with van der Waals surface area (Å²) in [7, 11) is 0. The minimum absolute atomic E-state index is 0.00770. The maximum Gasteiger partial charge on any atom is 0.407 e. The van der Waals surface area contributed by atoms with Gasteiger partial charge in [-0.05, 0) is 47.8 Å². The number of alkyl halides is 1. The van der Waals surface area contributed by atoms with Crippen molar-refractivity contribution in [3.8, 4) is 11.1 Å². The zero-order valence-electron chi connectivity index (χ0n) is 26.2. The number of alkyl carbamates (subject to hydrolysis) is 1. The molecule has 2 saturated heterocycles. The fraction of sp³-hybridized carbons (Fsp3) is 0.588. The largest absolute Gasteiger partial charge is 0.449 e. The Morgan fingerprint density at radius 3 is 2.38 bits per heavy atom. The maximum atomic E-state index is 13.6. The Morgan fingerprint density at radius 1 is 1.09 bits per heavy atom. The quantitative estimate of drug-likeness (QED) is 0.265. The highest BCUT2D eigenvalue weighted by Gasteiger charge is 2.42. The number of fused-ring (bicyclic) bond motifs is 3. The molecule has 4 N–H and O–H groups in total. The molecular formula is C34H46ClN3O6S. The van der Waals surface area contributed by atoms with Crippen molar-refractivity contribution in [3.05, 3.63) is 59.7 Å². The number of rotatable bonds is 11. The standard InChI is InChI=1S/C34H46ClN3O6S/c1-4-21-15-22(32(41)37-30(20(2)35)29-16-28(39)31(40)33(44-29)45-3)18-38(17-21)14-13-36-34(42)43-19-27-25-11-7-5-9-23(25)24-10-6-8-12-26(24)27/h5-12,20-22,27-31,33,39-40H,4,13-19H2,1-3H3,(H,36,42)(H,37,41)/t20?,21?,22?,28?,29?,30?,31-,33+/m0/s1. The molecule has 3 aliphatic rings. The number of piperidine rings is 1. The maximum absolute atomic E-state index is 13.6. The van der Waals surface area contributed by atoms with Gasteiger partial charge in [-0.3, -0.25) is 4.79 Å². The molecule has 0 saturated carbocycles. The van der Waals surface area contributed by atoms with E-state index in [9.17, 15) is 19.8 Å². The number of hydrogen-bond acceptors (Lipinski definition) is 8. The van der Waals surface area contributed by atoms with Crippen LogP contribution in [0, 0.1) is 11.8 Å². The third kappa shape index (κ3) is 7.97. The van der Waals surface area contributed by atoms with E-state index in [2.05, 4.69) is 46.7 Å². The summed E-state index contributed by atoms with van der Waals surface area (Å²) < 4.78 is 11.7. The van der Waals surface area contributed by atoms with Crippen LogP contribution in [0.2, 0.25) is 0 Å². The van der Waals surface area contributed by atoms with E-state index in [0.717, 1.165) is 19.4 Å². The zero-order valence-corrected chi connectivity index (χ0v) is 27.8. The van der Waals surface area contributed by atoms with Crippen LogP contribution >= 0.6 is 23.4 Å². The molecule has 2 fully saturated rings. The van der Waals surface area contributed by atoms with Crippen LogP contribution in [0.1, 0.15) is 50.2 Å². The highest BCUT2D eigenvalue weighted by molar-refractivity contribution is 7.99. The van der Waals surface area contributed by atoms with E-state index in [1.54, 1.807) is 6.92 Å². The number of benzene rings is 2. The predicted molar refractivity (Wildman–Crippen MR) is 177 cm³/mol. The fourth-order valence-electron chi connectivity index (χ4n) is 7.02. The summed E-state index contributed by atoms with van der Waals surface area (Å²) >= 11 is 7.85. The molecule has 8 atom stereocenters. The molecule has 2 amide bonds. The van der Waals surface area contributed by atoms with E-state index < -0.39 is 41.3 Å². The van der Waals surface area contributed by atoms with Gasteiger partial charge in [-0.25, -0.2) is 4.79 Å². The second kappa shape index (κ2) is 15.5. The molecule has 0 spiro atoms. The van der Waals surface area contributed by atoms with Gasteiger partial charge in [0.1, 0.15) is 18.1 Å². The Bertz CT molecular complexity index is 1270. The second-order valence-corrected chi connectivity index (χ2v) is 14.1. The molecule has 11 heteroatoms. The van der Waals surface area contributed by atoms with Crippen molar-refractivity contribution in [2.24, 2.45) is 11.8 Å². The van der Waals surface area contributed by atoms with Gasteiger partial charge in [-0.2, -0.15) is 0 Å². The van der Waals surface area contributed by atoms with E-state index >= 15 is 0 Å². The van der Waals surface area contributed by atoms with Gasteiger partial charge in [-0.15, -0.1) is 23.4 Å². The minimum Gasteiger partial charge on any atom is -0.449 e. The fourth-order valence-corrected chi connectivity index (χ4v) is 7.95. The van der Waals surface area contributed by atoms with Crippen LogP contribution in [0.15, 0.2) is 48.5 Å². The lowest BCUT2D eigenvalue weighted by atomic mass is 9.86. The molecular weight excluding hydrogens is 614 g/mol. The first kappa shape index (κ1) is 34.0. The third-order valence-corrected chi connectivity index (χ3v) is 10.6. The third-order valence-electron chi connectivity index (χ3n) is 9.49. The summed E-state index contributed by atoms with van der Waals surface area (Å²) in [6.45, 7) is 6.64. The summed E-state index contributed by atoms with van der Waals surface area (Å²) in [4.78, 5) is 28.5. The Balaban J connectivity index is 1.12. The molecule has 2 aromatic rings. The molecule has 0 radical (unpaired) electrons. The Labute approximate surface area is 275 Å². The molecule has 246 valence electrons. The number of nitrogens with one attached hydrogen (secondary N) is 2. The number of likely N-dealkylation sites (tertiary alicyclic amines) is 1. The Hall–Kier alpha value is -2.34. The van der Waals surface area contributed by atoms with Gasteiger partial charge in [0.05, 0.1) is 29.5 Å². The number of thioether (sulfide) groups is 1. The van der Waals surface area contributed by atoms with Crippen LogP contribution in [0.5, 0.6) is 0 Å². The number of ether oxygens (including phenoxy) is 2. The summed E-state index contributed by atoms with van der Waals surface area (Å²) in [5, 5.41) is 26.2. The number of aliphatic hydroxyl groups excluding tert-OH is 2. The number of nitrogens with zero attached hydrogens (tertiary/aromatic N) is 1. The lowest BCUT2D eigenvalue weighted by Gasteiger charge is -2.42. The van der Waals surface area contributed by atoms with Crippen LogP contribution in [0.3, 0.4) is 0 Å². The number of amides is 2. The summed E-state index contributed by atoms with van der Waals surface area (Å²) in [6.07, 6.45) is 0.814. The van der Waals surface area contributed by atoms with Crippen LogP contribution in [0.4, 0.5) is 4.79 Å². The van der Waals surface area contributed by atoms with E-state index in [1.807, 2.05) is 30.5 Å². The Kier molecular flexibility index (Phi) is 11.7. The van der Waals surface area contributed by atoms with E-state index in [1.165, 1.54) is 34.0 Å². The first-order chi connectivity index (χ1) is 21.7. The van der Waals surface area contributed by atoms with E-state index in [0.29, 0.717) is 25.6 Å². The number of aliphatic hydroxyl groups is 2.